The Labute approximate surface area is 143 Å². The van der Waals surface area contributed by atoms with E-state index in [4.69, 9.17) is 4.74 Å². The first kappa shape index (κ1) is 16.7. The molecular formula is C18H25N5O. The lowest BCUT2D eigenvalue weighted by Crippen LogP contribution is -2.69. The lowest BCUT2D eigenvalue weighted by Gasteiger charge is -2.50. The van der Waals surface area contributed by atoms with Crippen LogP contribution >= 0.6 is 0 Å². The number of hydrazone groups is 1. The number of hydrogen-bond acceptors (Lipinski definition) is 6. The molecule has 3 rings (SSSR count). The summed E-state index contributed by atoms with van der Waals surface area (Å²) in [5, 5.41) is 22.4. The largest absolute Gasteiger partial charge is 0.452 e. The third-order valence-corrected chi connectivity index (χ3v) is 4.95. The highest BCUT2D eigenvalue weighted by Gasteiger charge is 2.47. The van der Waals surface area contributed by atoms with Crippen LogP contribution in [0.4, 0.5) is 0 Å². The first-order valence-corrected chi connectivity index (χ1v) is 8.62. The van der Waals surface area contributed by atoms with E-state index in [0.29, 0.717) is 5.92 Å². The number of hydrogen-bond donors (Lipinski definition) is 2. The molecule has 0 spiro atoms. The second kappa shape index (κ2) is 7.65. The van der Waals surface area contributed by atoms with E-state index in [2.05, 4.69) is 28.5 Å². The zero-order valence-corrected chi connectivity index (χ0v) is 13.9. The second-order valence-electron chi connectivity index (χ2n) is 6.39. The molecule has 6 heteroatoms. The minimum atomic E-state index is -0.953. The van der Waals surface area contributed by atoms with E-state index in [9.17, 15) is 5.26 Å². The van der Waals surface area contributed by atoms with Crippen molar-refractivity contribution in [3.63, 3.8) is 0 Å². The molecule has 2 N–H and O–H groups in total. The summed E-state index contributed by atoms with van der Waals surface area (Å²) in [6.45, 7) is 6.64. The lowest BCUT2D eigenvalue weighted by atomic mass is 9.86. The third kappa shape index (κ3) is 3.37. The van der Waals surface area contributed by atoms with Gasteiger partial charge in [-0.05, 0) is 50.4 Å². The minimum Gasteiger partial charge on any atom is -0.452 e. The number of ether oxygens (including phenoxy) is 1. The van der Waals surface area contributed by atoms with E-state index in [-0.39, 0.29) is 12.5 Å². The van der Waals surface area contributed by atoms with Crippen LogP contribution in [0.3, 0.4) is 0 Å². The molecule has 0 aliphatic carbocycles. The molecule has 1 aromatic rings. The minimum absolute atomic E-state index is 0.183. The number of rotatable bonds is 5. The van der Waals surface area contributed by atoms with Crippen LogP contribution in [0.5, 0.6) is 5.75 Å². The molecule has 0 aromatic heterocycles. The van der Waals surface area contributed by atoms with Crippen LogP contribution in [0.25, 0.3) is 0 Å². The number of para-hydroxylation sites is 1. The van der Waals surface area contributed by atoms with Gasteiger partial charge in [-0.1, -0.05) is 18.2 Å². The highest BCUT2D eigenvalue weighted by molar-refractivity contribution is 5.25. The predicted molar refractivity (Wildman–Crippen MR) is 93.4 cm³/mol. The smallest absolute Gasteiger partial charge is 0.268 e. The number of nitriles is 1. The van der Waals surface area contributed by atoms with Crippen LogP contribution in [-0.2, 0) is 0 Å². The monoisotopic (exact) mass is 327 g/mol. The molecule has 2 heterocycles. The Morgan fingerprint density at radius 3 is 2.67 bits per heavy atom. The Bertz CT molecular complexity index is 581. The maximum Gasteiger partial charge on any atom is 0.268 e. The first-order chi connectivity index (χ1) is 11.8. The van der Waals surface area contributed by atoms with Crippen molar-refractivity contribution in [1.82, 2.24) is 15.6 Å². The predicted octanol–water partition coefficient (Wildman–Crippen LogP) is 1.91. The number of piperidine rings is 1. The summed E-state index contributed by atoms with van der Waals surface area (Å²) >= 11 is 0. The van der Waals surface area contributed by atoms with Crippen LogP contribution < -0.4 is 15.4 Å². The number of nitrogens with zero attached hydrogens (tertiary/aromatic N) is 3. The maximum absolute atomic E-state index is 9.40. The summed E-state index contributed by atoms with van der Waals surface area (Å²) in [6, 6.07) is 12.1. The van der Waals surface area contributed by atoms with Gasteiger partial charge < -0.3 is 10.1 Å². The van der Waals surface area contributed by atoms with Gasteiger partial charge in [0.05, 0.1) is 12.1 Å². The van der Waals surface area contributed by atoms with Crippen molar-refractivity contribution in [2.24, 2.45) is 11.0 Å². The summed E-state index contributed by atoms with van der Waals surface area (Å²) in [7, 11) is 0. The fraction of sp³-hybridized carbons (Fsp3) is 0.556. The first-order valence-electron chi connectivity index (χ1n) is 8.62. The molecule has 1 aromatic carbocycles. The molecule has 6 nitrogen and oxygen atoms in total. The highest BCUT2D eigenvalue weighted by Crippen LogP contribution is 2.34. The summed E-state index contributed by atoms with van der Waals surface area (Å²) in [4.78, 5) is 0. The quantitative estimate of drug-likeness (QED) is 0.808. The zero-order chi connectivity index (χ0) is 16.8. The third-order valence-electron chi connectivity index (χ3n) is 4.95. The Morgan fingerprint density at radius 2 is 2.00 bits per heavy atom. The molecule has 0 saturated carbocycles. The van der Waals surface area contributed by atoms with Gasteiger partial charge in [0.1, 0.15) is 12.2 Å². The van der Waals surface area contributed by atoms with Gasteiger partial charge in [-0.15, -0.1) is 0 Å². The number of nitrogens with one attached hydrogen (secondary N) is 2. The average molecular weight is 327 g/mol. The summed E-state index contributed by atoms with van der Waals surface area (Å²) < 4.78 is 6.25. The van der Waals surface area contributed by atoms with Gasteiger partial charge in [0.2, 0.25) is 0 Å². The van der Waals surface area contributed by atoms with E-state index in [1.54, 1.807) is 0 Å². The highest BCUT2D eigenvalue weighted by atomic mass is 16.5. The fourth-order valence-electron chi connectivity index (χ4n) is 3.82. The Morgan fingerprint density at radius 1 is 1.25 bits per heavy atom. The average Bonchev–Trinajstić information content (AvgIpc) is 2.63. The van der Waals surface area contributed by atoms with E-state index < -0.39 is 5.85 Å². The van der Waals surface area contributed by atoms with E-state index in [1.807, 2.05) is 35.3 Å². The molecule has 2 atom stereocenters. The van der Waals surface area contributed by atoms with Crippen LogP contribution in [0, 0.1) is 17.2 Å². The van der Waals surface area contributed by atoms with Crippen molar-refractivity contribution in [2.45, 2.75) is 37.6 Å². The van der Waals surface area contributed by atoms with Crippen molar-refractivity contribution < 1.29 is 4.74 Å². The van der Waals surface area contributed by atoms with Crippen molar-refractivity contribution in [2.75, 3.05) is 19.6 Å². The standard InChI is InChI=1S/C18H25N5O/c1-20-23-17(15-7-12-21-13-8-15)9-14-22-18(23,10-11-19)24-16-5-3-2-4-6-16/h2-6,15,17,21-22H,1,7-10,12-14H2/t17-,18?/m0/s1. The Kier molecular flexibility index (Phi) is 5.34. The number of benzene rings is 1. The normalized spacial score (nSPS) is 28.1. The summed E-state index contributed by atoms with van der Waals surface area (Å²) in [5.74, 6) is 0.308. The molecule has 2 saturated heterocycles. The second-order valence-corrected chi connectivity index (χ2v) is 6.39. The van der Waals surface area contributed by atoms with E-state index >= 15 is 0 Å². The van der Waals surface area contributed by atoms with Crippen molar-refractivity contribution in [1.29, 1.82) is 5.26 Å². The topological polar surface area (TPSA) is 72.7 Å². The van der Waals surface area contributed by atoms with Gasteiger partial charge in [0.15, 0.2) is 0 Å². The van der Waals surface area contributed by atoms with Crippen molar-refractivity contribution in [3.8, 4) is 11.8 Å². The van der Waals surface area contributed by atoms with Gasteiger partial charge in [0, 0.05) is 13.3 Å². The molecule has 2 fully saturated rings. The Hall–Kier alpha value is -2.10. The van der Waals surface area contributed by atoms with Gasteiger partial charge in [-0.25, -0.2) is 5.01 Å². The van der Waals surface area contributed by atoms with Crippen LogP contribution in [0.2, 0.25) is 0 Å². The van der Waals surface area contributed by atoms with E-state index in [1.165, 1.54) is 0 Å². The fourth-order valence-corrected chi connectivity index (χ4v) is 3.82. The SMILES string of the molecule is C=NN1[C@H](C2CCNCC2)CCNC1(CC#N)Oc1ccccc1. The van der Waals surface area contributed by atoms with Crippen LogP contribution in [-0.4, -0.2) is 43.3 Å². The molecule has 2 aliphatic heterocycles. The van der Waals surface area contributed by atoms with Crippen molar-refractivity contribution >= 4 is 6.72 Å². The molecule has 24 heavy (non-hydrogen) atoms. The molecular weight excluding hydrogens is 302 g/mol. The molecule has 0 radical (unpaired) electrons. The Balaban J connectivity index is 1.87. The van der Waals surface area contributed by atoms with Gasteiger partial charge in [0.25, 0.3) is 5.85 Å². The lowest BCUT2D eigenvalue weighted by molar-refractivity contribution is -0.160. The molecule has 128 valence electrons. The zero-order valence-electron chi connectivity index (χ0n) is 13.9. The summed E-state index contributed by atoms with van der Waals surface area (Å²) in [5.41, 5.74) is 0. The maximum atomic E-state index is 9.40. The van der Waals surface area contributed by atoms with Crippen molar-refractivity contribution in [3.05, 3.63) is 30.3 Å². The summed E-state index contributed by atoms with van der Waals surface area (Å²) in [6.07, 6.45) is 3.40. The molecule has 0 amide bonds. The molecule has 1 unspecified atom stereocenters. The van der Waals surface area contributed by atoms with Gasteiger partial charge in [-0.2, -0.15) is 10.4 Å². The van der Waals surface area contributed by atoms with Crippen LogP contribution in [0.1, 0.15) is 25.7 Å². The van der Waals surface area contributed by atoms with Gasteiger partial charge >= 0.3 is 0 Å². The molecule has 2 aliphatic rings. The van der Waals surface area contributed by atoms with Gasteiger partial charge in [-0.3, -0.25) is 5.32 Å². The van der Waals surface area contributed by atoms with E-state index in [0.717, 1.165) is 44.6 Å². The molecule has 0 bridgehead atoms. The van der Waals surface area contributed by atoms with Crippen LogP contribution in [0.15, 0.2) is 35.4 Å².